The van der Waals surface area contributed by atoms with Gasteiger partial charge >= 0.3 is 0 Å². The van der Waals surface area contributed by atoms with Crippen molar-refractivity contribution in [2.24, 2.45) is 16.3 Å². The first-order chi connectivity index (χ1) is 13.3. The number of nitrogens with zero attached hydrogens (tertiary/aromatic N) is 1. The lowest BCUT2D eigenvalue weighted by atomic mass is 9.54. The molecule has 0 bridgehead atoms. The van der Waals surface area contributed by atoms with Crippen LogP contribution in [0.4, 0.5) is 5.69 Å². The Morgan fingerprint density at radius 1 is 1.07 bits per heavy atom. The van der Waals surface area contributed by atoms with E-state index in [2.05, 4.69) is 15.6 Å². The molecule has 2 N–H and O–H groups in total. The van der Waals surface area contributed by atoms with E-state index in [4.69, 9.17) is 14.2 Å². The van der Waals surface area contributed by atoms with Gasteiger partial charge in [-0.3, -0.25) is 4.99 Å². The second-order valence-corrected chi connectivity index (χ2v) is 8.22. The molecule has 28 heavy (non-hydrogen) atoms. The number of guanidine groups is 1. The quantitative estimate of drug-likeness (QED) is 0.368. The van der Waals surface area contributed by atoms with Crippen LogP contribution in [0.2, 0.25) is 0 Å². The van der Waals surface area contributed by atoms with Crippen LogP contribution >= 0.6 is 24.0 Å². The lowest BCUT2D eigenvalue weighted by molar-refractivity contribution is -0.124. The van der Waals surface area contributed by atoms with Gasteiger partial charge in [-0.25, -0.2) is 0 Å². The molecule has 3 unspecified atom stereocenters. The standard InChI is InChI=1S/C21H29N3O3.HI/c1-22-20(23-14-5-6-16-17(13-14)26-11-4-10-25-16)24-18-15-7-12-27-19(15)21(18)8-2-3-9-21;/h5-6,13,15,18-19H,2-4,7-12H2,1H3,(H2,22,23,24);1H. The summed E-state index contributed by atoms with van der Waals surface area (Å²) in [5.41, 5.74) is 1.27. The Bertz CT molecular complexity index is 736. The molecule has 3 fully saturated rings. The fraction of sp³-hybridized carbons (Fsp3) is 0.667. The van der Waals surface area contributed by atoms with Crippen molar-refractivity contribution >= 4 is 35.6 Å². The molecule has 1 aromatic rings. The van der Waals surface area contributed by atoms with Gasteiger partial charge in [0.15, 0.2) is 17.5 Å². The summed E-state index contributed by atoms with van der Waals surface area (Å²) in [6, 6.07) is 6.45. The summed E-state index contributed by atoms with van der Waals surface area (Å²) in [6.45, 7) is 2.30. The molecule has 6 nitrogen and oxygen atoms in total. The smallest absolute Gasteiger partial charge is 0.195 e. The van der Waals surface area contributed by atoms with Gasteiger partial charge in [-0.15, -0.1) is 24.0 Å². The molecule has 3 atom stereocenters. The molecule has 5 rings (SSSR count). The topological polar surface area (TPSA) is 64.1 Å². The number of nitrogens with one attached hydrogen (secondary N) is 2. The Balaban J connectivity index is 0.00000192. The molecule has 0 amide bonds. The van der Waals surface area contributed by atoms with Gasteiger partial charge in [-0.1, -0.05) is 12.8 Å². The number of hydrogen-bond acceptors (Lipinski definition) is 4. The van der Waals surface area contributed by atoms with E-state index >= 15 is 0 Å². The number of aliphatic imine (C=N–C) groups is 1. The molecule has 7 heteroatoms. The molecular weight excluding hydrogens is 469 g/mol. The number of halogens is 1. The molecule has 2 saturated carbocycles. The molecule has 1 aromatic carbocycles. The summed E-state index contributed by atoms with van der Waals surface area (Å²) in [6.07, 6.45) is 7.70. The highest BCUT2D eigenvalue weighted by Crippen LogP contribution is 2.60. The monoisotopic (exact) mass is 499 g/mol. The van der Waals surface area contributed by atoms with E-state index in [0.717, 1.165) is 42.6 Å². The van der Waals surface area contributed by atoms with Gasteiger partial charge in [-0.2, -0.15) is 0 Å². The predicted molar refractivity (Wildman–Crippen MR) is 120 cm³/mol. The van der Waals surface area contributed by atoms with Crippen molar-refractivity contribution in [1.29, 1.82) is 0 Å². The first kappa shape index (κ1) is 20.1. The van der Waals surface area contributed by atoms with Crippen molar-refractivity contribution in [3.63, 3.8) is 0 Å². The molecule has 2 aliphatic carbocycles. The average Bonchev–Trinajstić information content (AvgIpc) is 3.29. The van der Waals surface area contributed by atoms with Crippen LogP contribution in [0, 0.1) is 11.3 Å². The highest BCUT2D eigenvalue weighted by Gasteiger charge is 2.65. The maximum atomic E-state index is 6.10. The van der Waals surface area contributed by atoms with Crippen molar-refractivity contribution < 1.29 is 14.2 Å². The second-order valence-electron chi connectivity index (χ2n) is 8.22. The molecule has 1 saturated heterocycles. The predicted octanol–water partition coefficient (Wildman–Crippen LogP) is 3.80. The van der Waals surface area contributed by atoms with E-state index in [-0.39, 0.29) is 24.0 Å². The number of anilines is 1. The molecule has 0 radical (unpaired) electrons. The Labute approximate surface area is 183 Å². The SMILES string of the molecule is CN=C(Nc1ccc2c(c1)OCCCO2)NC1C2CCOC2C12CCCC2.I. The summed E-state index contributed by atoms with van der Waals surface area (Å²) >= 11 is 0. The summed E-state index contributed by atoms with van der Waals surface area (Å²) in [5.74, 6) is 3.06. The van der Waals surface area contributed by atoms with Crippen molar-refractivity contribution in [2.75, 3.05) is 32.2 Å². The van der Waals surface area contributed by atoms with Gasteiger partial charge in [0.05, 0.1) is 19.3 Å². The van der Waals surface area contributed by atoms with Crippen LogP contribution in [0.25, 0.3) is 0 Å². The minimum absolute atomic E-state index is 0. The van der Waals surface area contributed by atoms with Crippen molar-refractivity contribution in [1.82, 2.24) is 5.32 Å². The largest absolute Gasteiger partial charge is 0.490 e. The van der Waals surface area contributed by atoms with Gasteiger partial charge in [0.25, 0.3) is 0 Å². The fourth-order valence-electron chi connectivity index (χ4n) is 5.59. The van der Waals surface area contributed by atoms with E-state index in [1.54, 1.807) is 0 Å². The summed E-state index contributed by atoms with van der Waals surface area (Å²) in [7, 11) is 1.83. The number of ether oxygens (including phenoxy) is 3. The maximum Gasteiger partial charge on any atom is 0.195 e. The van der Waals surface area contributed by atoms with Crippen LogP contribution in [0.5, 0.6) is 11.5 Å². The Morgan fingerprint density at radius 2 is 1.86 bits per heavy atom. The molecular formula is C21H30IN3O3. The van der Waals surface area contributed by atoms with Crippen LogP contribution in [0.3, 0.4) is 0 Å². The van der Waals surface area contributed by atoms with Crippen LogP contribution < -0.4 is 20.1 Å². The zero-order valence-corrected chi connectivity index (χ0v) is 18.7. The minimum Gasteiger partial charge on any atom is -0.490 e. The third kappa shape index (κ3) is 3.34. The number of hydrogen-bond donors (Lipinski definition) is 2. The Morgan fingerprint density at radius 3 is 2.64 bits per heavy atom. The fourth-order valence-corrected chi connectivity index (χ4v) is 5.59. The number of fused-ring (bicyclic) bond motifs is 3. The highest BCUT2D eigenvalue weighted by molar-refractivity contribution is 14.0. The van der Waals surface area contributed by atoms with Gasteiger partial charge in [0, 0.05) is 49.2 Å². The molecule has 4 aliphatic rings. The summed E-state index contributed by atoms with van der Waals surface area (Å²) < 4.78 is 17.6. The summed E-state index contributed by atoms with van der Waals surface area (Å²) in [5, 5.41) is 7.18. The van der Waals surface area contributed by atoms with Crippen LogP contribution in [-0.4, -0.2) is 45.0 Å². The van der Waals surface area contributed by atoms with Crippen molar-refractivity contribution in [2.45, 2.75) is 50.7 Å². The zero-order valence-electron chi connectivity index (χ0n) is 16.4. The first-order valence-electron chi connectivity index (χ1n) is 10.3. The first-order valence-corrected chi connectivity index (χ1v) is 10.3. The zero-order chi connectivity index (χ0) is 18.3. The van der Waals surface area contributed by atoms with E-state index < -0.39 is 0 Å². The van der Waals surface area contributed by atoms with Crippen LogP contribution in [-0.2, 0) is 4.74 Å². The van der Waals surface area contributed by atoms with Crippen LogP contribution in [0.15, 0.2) is 23.2 Å². The molecule has 2 heterocycles. The molecule has 1 spiro atoms. The van der Waals surface area contributed by atoms with Gasteiger partial charge in [0.2, 0.25) is 0 Å². The lowest BCUT2D eigenvalue weighted by Crippen LogP contribution is -2.68. The normalized spacial score (nSPS) is 30.0. The van der Waals surface area contributed by atoms with E-state index in [9.17, 15) is 0 Å². The van der Waals surface area contributed by atoms with E-state index in [1.165, 1.54) is 25.7 Å². The molecule has 2 aliphatic heterocycles. The van der Waals surface area contributed by atoms with Gasteiger partial charge in [-0.05, 0) is 31.4 Å². The third-order valence-corrected chi connectivity index (χ3v) is 6.81. The van der Waals surface area contributed by atoms with Crippen LogP contribution in [0.1, 0.15) is 38.5 Å². The Kier molecular flexibility index (Phi) is 5.92. The number of rotatable bonds is 2. The van der Waals surface area contributed by atoms with Crippen molar-refractivity contribution in [3.05, 3.63) is 18.2 Å². The van der Waals surface area contributed by atoms with Gasteiger partial charge in [0.1, 0.15) is 0 Å². The summed E-state index contributed by atoms with van der Waals surface area (Å²) in [4.78, 5) is 4.49. The third-order valence-electron chi connectivity index (χ3n) is 6.81. The van der Waals surface area contributed by atoms with Gasteiger partial charge < -0.3 is 24.8 Å². The average molecular weight is 499 g/mol. The minimum atomic E-state index is 0. The van der Waals surface area contributed by atoms with Crippen molar-refractivity contribution in [3.8, 4) is 11.5 Å². The van der Waals surface area contributed by atoms with E-state index in [1.807, 2.05) is 25.2 Å². The molecule has 154 valence electrons. The molecule has 0 aromatic heterocycles. The Hall–Kier alpha value is -1.22. The second kappa shape index (κ2) is 8.26. The highest BCUT2D eigenvalue weighted by atomic mass is 127. The number of benzene rings is 1. The maximum absolute atomic E-state index is 6.10. The lowest BCUT2D eigenvalue weighted by Gasteiger charge is -2.57. The van der Waals surface area contributed by atoms with E-state index in [0.29, 0.717) is 36.7 Å².